The largest absolute Gasteiger partial charge is 0.510 e. The first-order valence-electron chi connectivity index (χ1n) is 11.2. The molecule has 216 valence electrons. The Morgan fingerprint density at radius 2 is 1.61 bits per heavy atom. The van der Waals surface area contributed by atoms with Gasteiger partial charge in [-0.3, -0.25) is 18.9 Å². The molecule has 3 atom stereocenters. The Morgan fingerprint density at radius 3 is 2.08 bits per heavy atom. The zero-order chi connectivity index (χ0) is 28.7. The molecule has 3 N–H and O–H groups in total. The Hall–Kier alpha value is -2.79. The van der Waals surface area contributed by atoms with Gasteiger partial charge in [0.2, 0.25) is 13.6 Å². The zero-order valence-corrected chi connectivity index (χ0v) is 22.2. The lowest BCUT2D eigenvalue weighted by Crippen LogP contribution is -2.56. The second-order valence-corrected chi connectivity index (χ2v) is 10.4. The average Bonchev–Trinajstić information content (AvgIpc) is 3.01. The highest BCUT2D eigenvalue weighted by Crippen LogP contribution is 2.52. The number of aliphatic hydroxyl groups is 2. The maximum Gasteiger partial charge on any atom is 0.510 e. The lowest BCUT2D eigenvalue weighted by molar-refractivity contribution is -0.156. The standard InChI is InChI=1S/C20H31N2O15P/c1-12(2)36-17(25)31-10-34-38(29,35-11-32-18(26)37-13(3)4)33-9-20(28)8-30-15(19(20,5)27)22-7-6-14(23)21-16(22)24/h6-7,12-13,15,27-28H,8-11H2,1-5H3,(H,21,23,24). The van der Waals surface area contributed by atoms with Crippen LogP contribution in [0.3, 0.4) is 0 Å². The molecule has 0 bridgehead atoms. The van der Waals surface area contributed by atoms with E-state index in [0.717, 1.165) is 23.8 Å². The van der Waals surface area contributed by atoms with E-state index in [1.165, 1.54) is 0 Å². The molecule has 2 rings (SSSR count). The number of aromatic nitrogens is 2. The number of nitrogens with one attached hydrogen (secondary N) is 1. The number of ether oxygens (including phenoxy) is 5. The molecular weight excluding hydrogens is 539 g/mol. The molecule has 3 unspecified atom stereocenters. The number of hydrogen-bond acceptors (Lipinski definition) is 15. The van der Waals surface area contributed by atoms with Crippen molar-refractivity contribution in [2.75, 3.05) is 26.8 Å². The molecule has 0 amide bonds. The first-order chi connectivity index (χ1) is 17.6. The predicted octanol–water partition coefficient (Wildman–Crippen LogP) is 0.744. The molecule has 1 aliphatic rings. The molecule has 18 heteroatoms. The summed E-state index contributed by atoms with van der Waals surface area (Å²) in [7, 11) is -4.77. The lowest BCUT2D eigenvalue weighted by atomic mass is 9.86. The third kappa shape index (κ3) is 8.36. The number of aromatic amines is 1. The van der Waals surface area contributed by atoms with E-state index in [1.54, 1.807) is 27.7 Å². The Morgan fingerprint density at radius 1 is 1.08 bits per heavy atom. The summed E-state index contributed by atoms with van der Waals surface area (Å²) in [5, 5.41) is 22.1. The highest BCUT2D eigenvalue weighted by Gasteiger charge is 2.59. The van der Waals surface area contributed by atoms with Crippen LogP contribution in [0.4, 0.5) is 9.59 Å². The number of carbonyl (C=O) groups excluding carboxylic acids is 2. The molecule has 0 aliphatic carbocycles. The van der Waals surface area contributed by atoms with Gasteiger partial charge in [0.15, 0.2) is 6.23 Å². The van der Waals surface area contributed by atoms with Gasteiger partial charge in [-0.05, 0) is 34.6 Å². The van der Waals surface area contributed by atoms with Crippen molar-refractivity contribution in [2.45, 2.75) is 64.3 Å². The summed E-state index contributed by atoms with van der Waals surface area (Å²) in [6.07, 6.45) is -3.82. The fourth-order valence-electron chi connectivity index (χ4n) is 2.93. The van der Waals surface area contributed by atoms with Crippen LogP contribution in [0.2, 0.25) is 0 Å². The third-order valence-electron chi connectivity index (χ3n) is 4.91. The molecule has 1 aromatic heterocycles. The first-order valence-corrected chi connectivity index (χ1v) is 12.6. The Labute approximate surface area is 216 Å². The monoisotopic (exact) mass is 570 g/mol. The molecular formula is C20H31N2O15P. The van der Waals surface area contributed by atoms with E-state index < -0.39 is 87.8 Å². The van der Waals surface area contributed by atoms with Gasteiger partial charge >= 0.3 is 25.8 Å². The van der Waals surface area contributed by atoms with Crippen LogP contribution in [-0.4, -0.2) is 82.3 Å². The number of phosphoric ester groups is 1. The SMILES string of the molecule is CC(C)OC(=O)OCOP(=O)(OCOC(=O)OC(C)C)OCC1(O)COC(n2ccc(=O)[nH]c2=O)C1(C)O. The van der Waals surface area contributed by atoms with E-state index >= 15 is 0 Å². The molecule has 1 aromatic rings. The van der Waals surface area contributed by atoms with Crippen molar-refractivity contribution >= 4 is 20.1 Å². The molecule has 1 saturated heterocycles. The number of rotatable bonds is 12. The van der Waals surface area contributed by atoms with Gasteiger partial charge in [0.05, 0.1) is 25.4 Å². The summed E-state index contributed by atoms with van der Waals surface area (Å²) >= 11 is 0. The van der Waals surface area contributed by atoms with Crippen LogP contribution in [-0.2, 0) is 41.8 Å². The highest BCUT2D eigenvalue weighted by molar-refractivity contribution is 7.48. The molecule has 0 saturated carbocycles. The summed E-state index contributed by atoms with van der Waals surface area (Å²) in [5.41, 5.74) is -6.20. The van der Waals surface area contributed by atoms with Crippen molar-refractivity contribution in [3.63, 3.8) is 0 Å². The van der Waals surface area contributed by atoms with Crippen LogP contribution in [0.1, 0.15) is 40.8 Å². The number of carbonyl (C=O) groups is 2. The molecule has 0 aromatic carbocycles. The van der Waals surface area contributed by atoms with Gasteiger partial charge in [-0.25, -0.2) is 28.0 Å². The van der Waals surface area contributed by atoms with E-state index in [9.17, 15) is 34.0 Å². The molecule has 0 radical (unpaired) electrons. The van der Waals surface area contributed by atoms with Crippen LogP contribution in [0.15, 0.2) is 21.9 Å². The van der Waals surface area contributed by atoms with E-state index in [0.29, 0.717) is 0 Å². The normalized spacial score (nSPS) is 23.4. The van der Waals surface area contributed by atoms with Crippen LogP contribution >= 0.6 is 7.82 Å². The predicted molar refractivity (Wildman–Crippen MR) is 123 cm³/mol. The maximum atomic E-state index is 13.1. The fourth-order valence-corrected chi connectivity index (χ4v) is 3.89. The van der Waals surface area contributed by atoms with Crippen molar-refractivity contribution in [3.8, 4) is 0 Å². The number of phosphoric acid groups is 1. The van der Waals surface area contributed by atoms with Crippen LogP contribution in [0.5, 0.6) is 0 Å². The molecule has 1 fully saturated rings. The summed E-state index contributed by atoms with van der Waals surface area (Å²) in [6.45, 7) is 3.71. The van der Waals surface area contributed by atoms with E-state index in [-0.39, 0.29) is 0 Å². The van der Waals surface area contributed by atoms with Crippen LogP contribution < -0.4 is 11.2 Å². The summed E-state index contributed by atoms with van der Waals surface area (Å²) in [5.74, 6) is 0. The molecule has 38 heavy (non-hydrogen) atoms. The Kier molecular flexibility index (Phi) is 10.6. The summed E-state index contributed by atoms with van der Waals surface area (Å²) in [6, 6.07) is 0.999. The first kappa shape index (κ1) is 31.4. The molecule has 2 heterocycles. The minimum atomic E-state index is -4.77. The van der Waals surface area contributed by atoms with Gasteiger partial charge < -0.3 is 33.9 Å². The van der Waals surface area contributed by atoms with Crippen LogP contribution in [0.25, 0.3) is 0 Å². The minimum absolute atomic E-state index is 0.524. The Balaban J connectivity index is 2.13. The van der Waals surface area contributed by atoms with E-state index in [2.05, 4.69) is 9.47 Å². The Bertz CT molecular complexity index is 1100. The highest BCUT2D eigenvalue weighted by atomic mass is 31.2. The molecule has 0 spiro atoms. The van der Waals surface area contributed by atoms with Crippen LogP contribution in [0, 0.1) is 0 Å². The second kappa shape index (κ2) is 12.8. The van der Waals surface area contributed by atoms with Crippen molar-refractivity contribution < 1.29 is 61.6 Å². The number of H-pyrrole nitrogens is 1. The molecule has 17 nitrogen and oxygen atoms in total. The van der Waals surface area contributed by atoms with Crippen molar-refractivity contribution in [1.82, 2.24) is 9.55 Å². The summed E-state index contributed by atoms with van der Waals surface area (Å²) < 4.78 is 52.9. The van der Waals surface area contributed by atoms with Crippen molar-refractivity contribution in [1.29, 1.82) is 0 Å². The lowest BCUT2D eigenvalue weighted by Gasteiger charge is -2.36. The third-order valence-corrected chi connectivity index (χ3v) is 6.20. The van der Waals surface area contributed by atoms with Gasteiger partial charge in [0.1, 0.15) is 11.2 Å². The van der Waals surface area contributed by atoms with Gasteiger partial charge in [-0.15, -0.1) is 0 Å². The summed E-state index contributed by atoms with van der Waals surface area (Å²) in [4.78, 5) is 48.6. The van der Waals surface area contributed by atoms with Gasteiger partial charge in [-0.2, -0.15) is 0 Å². The maximum absolute atomic E-state index is 13.1. The zero-order valence-electron chi connectivity index (χ0n) is 21.3. The molecule has 1 aliphatic heterocycles. The number of nitrogens with zero attached hydrogens (tertiary/aromatic N) is 1. The quantitative estimate of drug-likeness (QED) is 0.179. The average molecular weight is 570 g/mol. The van der Waals surface area contributed by atoms with Gasteiger partial charge in [0.25, 0.3) is 5.56 Å². The van der Waals surface area contributed by atoms with Gasteiger partial charge in [0, 0.05) is 12.3 Å². The smallest absolute Gasteiger partial charge is 0.432 e. The van der Waals surface area contributed by atoms with E-state index in [1.807, 2.05) is 4.98 Å². The van der Waals surface area contributed by atoms with Gasteiger partial charge in [-0.1, -0.05) is 0 Å². The topological polar surface area (TPSA) is 220 Å². The van der Waals surface area contributed by atoms with Crippen molar-refractivity contribution in [2.24, 2.45) is 0 Å². The van der Waals surface area contributed by atoms with E-state index in [4.69, 9.17) is 27.8 Å². The number of hydrogen-bond donors (Lipinski definition) is 3. The fraction of sp³-hybridized carbons (Fsp3) is 0.700. The second-order valence-electron chi connectivity index (χ2n) is 8.70. The van der Waals surface area contributed by atoms with Crippen molar-refractivity contribution in [3.05, 3.63) is 33.1 Å². The minimum Gasteiger partial charge on any atom is -0.432 e.